The Labute approximate surface area is 201 Å². The number of nitro groups is 2. The van der Waals surface area contributed by atoms with E-state index in [4.69, 9.17) is 27.9 Å². The number of nitriles is 1. The van der Waals surface area contributed by atoms with E-state index < -0.39 is 27.1 Å². The molecule has 1 amide bonds. The minimum atomic E-state index is -0.814. The van der Waals surface area contributed by atoms with Gasteiger partial charge in [-0.2, -0.15) is 5.26 Å². The van der Waals surface area contributed by atoms with Crippen LogP contribution in [0.3, 0.4) is 0 Å². The highest BCUT2D eigenvalue weighted by molar-refractivity contribution is 6.32. The van der Waals surface area contributed by atoms with E-state index in [2.05, 4.69) is 5.32 Å². The van der Waals surface area contributed by atoms with Crippen molar-refractivity contribution >= 4 is 52.2 Å². The Balaban J connectivity index is 1.84. The summed E-state index contributed by atoms with van der Waals surface area (Å²) >= 11 is 12.1. The molecule has 170 valence electrons. The molecular formula is C22H12Cl2N4O6. The number of non-ortho nitro benzene ring substituents is 1. The second-order valence-electron chi connectivity index (χ2n) is 6.59. The predicted octanol–water partition coefficient (Wildman–Crippen LogP) is 6.15. The minimum absolute atomic E-state index is 0.0222. The van der Waals surface area contributed by atoms with Crippen LogP contribution in [0.2, 0.25) is 10.0 Å². The molecule has 0 bridgehead atoms. The second-order valence-corrected chi connectivity index (χ2v) is 7.44. The van der Waals surface area contributed by atoms with Crippen molar-refractivity contribution in [3.63, 3.8) is 0 Å². The summed E-state index contributed by atoms with van der Waals surface area (Å²) in [6.45, 7) is 0. The molecule has 0 heterocycles. The number of hydrogen-bond acceptors (Lipinski definition) is 7. The van der Waals surface area contributed by atoms with E-state index in [9.17, 15) is 30.3 Å². The summed E-state index contributed by atoms with van der Waals surface area (Å²) in [5, 5.41) is 34.5. The number of rotatable bonds is 7. The van der Waals surface area contributed by atoms with Crippen molar-refractivity contribution in [2.45, 2.75) is 0 Å². The molecule has 3 aromatic carbocycles. The van der Waals surface area contributed by atoms with Crippen LogP contribution >= 0.6 is 23.2 Å². The van der Waals surface area contributed by atoms with Gasteiger partial charge < -0.3 is 10.1 Å². The van der Waals surface area contributed by atoms with Crippen LogP contribution in [-0.4, -0.2) is 15.8 Å². The Hall–Kier alpha value is -4.46. The molecule has 0 saturated carbocycles. The predicted molar refractivity (Wildman–Crippen MR) is 125 cm³/mol. The van der Waals surface area contributed by atoms with Crippen LogP contribution < -0.4 is 10.1 Å². The molecule has 0 fully saturated rings. The zero-order valence-electron chi connectivity index (χ0n) is 16.9. The van der Waals surface area contributed by atoms with Crippen molar-refractivity contribution in [2.24, 2.45) is 0 Å². The fourth-order valence-electron chi connectivity index (χ4n) is 2.74. The molecule has 0 spiro atoms. The number of halogens is 2. The second kappa shape index (κ2) is 10.4. The largest absolute Gasteiger partial charge is 0.449 e. The Morgan fingerprint density at radius 2 is 1.74 bits per heavy atom. The van der Waals surface area contributed by atoms with Crippen LogP contribution in [0, 0.1) is 31.6 Å². The van der Waals surface area contributed by atoms with Gasteiger partial charge in [0.15, 0.2) is 0 Å². The van der Waals surface area contributed by atoms with Gasteiger partial charge in [0.2, 0.25) is 5.75 Å². The van der Waals surface area contributed by atoms with Crippen LogP contribution in [0.4, 0.5) is 17.1 Å². The van der Waals surface area contributed by atoms with Crippen LogP contribution in [0.5, 0.6) is 11.5 Å². The summed E-state index contributed by atoms with van der Waals surface area (Å²) < 4.78 is 5.49. The lowest BCUT2D eigenvalue weighted by Crippen LogP contribution is -2.13. The molecule has 3 rings (SSSR count). The van der Waals surface area contributed by atoms with Crippen molar-refractivity contribution in [3.8, 4) is 17.6 Å². The molecule has 0 aliphatic heterocycles. The smallest absolute Gasteiger partial charge is 0.318 e. The number of nitrogens with one attached hydrogen (secondary N) is 1. The molecule has 12 heteroatoms. The fourth-order valence-corrected chi connectivity index (χ4v) is 3.15. The molecule has 3 aromatic rings. The van der Waals surface area contributed by atoms with E-state index in [1.165, 1.54) is 30.3 Å². The molecule has 0 unspecified atom stereocenters. The summed E-state index contributed by atoms with van der Waals surface area (Å²) in [7, 11) is 0. The van der Waals surface area contributed by atoms with Crippen LogP contribution in [-0.2, 0) is 4.79 Å². The highest BCUT2D eigenvalue weighted by atomic mass is 35.5. The minimum Gasteiger partial charge on any atom is -0.449 e. The van der Waals surface area contributed by atoms with E-state index in [1.807, 2.05) is 0 Å². The quantitative estimate of drug-likeness (QED) is 0.177. The highest BCUT2D eigenvalue weighted by Crippen LogP contribution is 2.37. The Bertz CT molecular complexity index is 1380. The van der Waals surface area contributed by atoms with Gasteiger partial charge in [0.05, 0.1) is 20.9 Å². The van der Waals surface area contributed by atoms with Gasteiger partial charge in [-0.05, 0) is 48.0 Å². The third kappa shape index (κ3) is 5.86. The van der Waals surface area contributed by atoms with Gasteiger partial charge in [0.1, 0.15) is 17.4 Å². The first-order valence-electron chi connectivity index (χ1n) is 9.27. The molecule has 34 heavy (non-hydrogen) atoms. The number of nitro benzene ring substituents is 2. The molecular weight excluding hydrogens is 487 g/mol. The molecule has 0 aliphatic carbocycles. The lowest BCUT2D eigenvalue weighted by molar-refractivity contribution is -0.394. The number of hydrogen-bond donors (Lipinski definition) is 1. The first-order chi connectivity index (χ1) is 16.2. The zero-order chi connectivity index (χ0) is 24.8. The van der Waals surface area contributed by atoms with Gasteiger partial charge in [-0.1, -0.05) is 35.3 Å². The standard InChI is InChI=1S/C22H12Cl2N4O6/c23-15-2-1-3-16(10-15)26-22(29)14(12-25)8-13-4-6-20(18(24)9-13)34-21-7-5-17(27(30)31)11-19(21)28(32)33/h1-11H,(H,26,29)/b14-8+. The molecule has 0 aliphatic rings. The molecule has 1 N–H and O–H groups in total. The Morgan fingerprint density at radius 3 is 2.35 bits per heavy atom. The molecule has 10 nitrogen and oxygen atoms in total. The van der Waals surface area contributed by atoms with E-state index in [0.29, 0.717) is 16.3 Å². The number of carbonyl (C=O) groups excluding carboxylic acids is 1. The first-order valence-corrected chi connectivity index (χ1v) is 10.0. The van der Waals surface area contributed by atoms with Gasteiger partial charge in [0, 0.05) is 16.8 Å². The van der Waals surface area contributed by atoms with E-state index >= 15 is 0 Å². The van der Waals surface area contributed by atoms with Crippen molar-refractivity contribution in [1.82, 2.24) is 0 Å². The van der Waals surface area contributed by atoms with Gasteiger partial charge in [0.25, 0.3) is 11.6 Å². The summed E-state index contributed by atoms with van der Waals surface area (Å²) in [5.41, 5.74) is -0.501. The van der Waals surface area contributed by atoms with Gasteiger partial charge in [-0.3, -0.25) is 25.0 Å². The maximum absolute atomic E-state index is 12.4. The van der Waals surface area contributed by atoms with Crippen molar-refractivity contribution in [2.75, 3.05) is 5.32 Å². The lowest BCUT2D eigenvalue weighted by Gasteiger charge is -2.09. The first kappa shape index (κ1) is 24.2. The van der Waals surface area contributed by atoms with E-state index in [0.717, 1.165) is 18.2 Å². The molecule has 0 radical (unpaired) electrons. The third-order valence-corrected chi connectivity index (χ3v) is 4.81. The van der Waals surface area contributed by atoms with Crippen molar-refractivity contribution in [1.29, 1.82) is 5.26 Å². The maximum atomic E-state index is 12.4. The number of ether oxygens (including phenoxy) is 1. The van der Waals surface area contributed by atoms with Crippen LogP contribution in [0.25, 0.3) is 6.08 Å². The van der Waals surface area contributed by atoms with E-state index in [-0.39, 0.29) is 22.1 Å². The Morgan fingerprint density at radius 1 is 1.00 bits per heavy atom. The fraction of sp³-hybridized carbons (Fsp3) is 0. The highest BCUT2D eigenvalue weighted by Gasteiger charge is 2.22. The average molecular weight is 499 g/mol. The number of amides is 1. The van der Waals surface area contributed by atoms with Crippen LogP contribution in [0.15, 0.2) is 66.2 Å². The zero-order valence-corrected chi connectivity index (χ0v) is 18.4. The number of carbonyl (C=O) groups is 1. The average Bonchev–Trinajstić information content (AvgIpc) is 2.79. The SMILES string of the molecule is N#C/C(=C\c1ccc(Oc2ccc([N+](=O)[O-])cc2[N+](=O)[O-])c(Cl)c1)C(=O)Nc1cccc(Cl)c1. The van der Waals surface area contributed by atoms with Gasteiger partial charge in [-0.25, -0.2) is 0 Å². The van der Waals surface area contributed by atoms with Crippen LogP contribution in [0.1, 0.15) is 5.56 Å². The topological polar surface area (TPSA) is 148 Å². The van der Waals surface area contributed by atoms with Gasteiger partial charge >= 0.3 is 5.69 Å². The van der Waals surface area contributed by atoms with E-state index in [1.54, 1.807) is 24.3 Å². The van der Waals surface area contributed by atoms with Gasteiger partial charge in [-0.15, -0.1) is 0 Å². The number of benzene rings is 3. The number of anilines is 1. The summed E-state index contributed by atoms with van der Waals surface area (Å²) in [6, 6.07) is 15.4. The summed E-state index contributed by atoms with van der Waals surface area (Å²) in [4.78, 5) is 33.0. The normalized spacial score (nSPS) is 10.8. The third-order valence-electron chi connectivity index (χ3n) is 4.28. The summed E-state index contributed by atoms with van der Waals surface area (Å²) in [5.74, 6) is -0.889. The maximum Gasteiger partial charge on any atom is 0.318 e. The molecule has 0 aromatic heterocycles. The molecule has 0 atom stereocenters. The van der Waals surface area contributed by atoms with Crippen molar-refractivity contribution in [3.05, 3.63) is 102 Å². The Kier molecular flexibility index (Phi) is 7.43. The lowest BCUT2D eigenvalue weighted by atomic mass is 10.1. The van der Waals surface area contributed by atoms with Crippen molar-refractivity contribution < 1.29 is 19.4 Å². The summed E-state index contributed by atoms with van der Waals surface area (Å²) in [6.07, 6.45) is 1.30. The number of nitrogens with zero attached hydrogens (tertiary/aromatic N) is 3. The monoisotopic (exact) mass is 498 g/mol. The molecule has 0 saturated heterocycles.